The Hall–Kier alpha value is -1.41. The maximum absolute atomic E-state index is 14.1. The van der Waals surface area contributed by atoms with E-state index in [0.29, 0.717) is 30.3 Å². The average molecular weight is 293 g/mol. The number of benzene rings is 1. The highest BCUT2D eigenvalue weighted by Gasteiger charge is 2.16. The monoisotopic (exact) mass is 293 g/mol. The largest absolute Gasteiger partial charge is 0.395 e. The van der Waals surface area contributed by atoms with Crippen molar-refractivity contribution in [3.8, 4) is 11.8 Å². The fraction of sp³-hybridized carbons (Fsp3) is 0.529. The van der Waals surface area contributed by atoms with Crippen LogP contribution in [-0.4, -0.2) is 40.9 Å². The zero-order valence-corrected chi connectivity index (χ0v) is 12.8. The van der Waals surface area contributed by atoms with Crippen LogP contribution in [0.4, 0.5) is 4.39 Å². The van der Waals surface area contributed by atoms with Gasteiger partial charge in [0.1, 0.15) is 12.4 Å². The van der Waals surface area contributed by atoms with Gasteiger partial charge in [-0.2, -0.15) is 0 Å². The quantitative estimate of drug-likeness (QED) is 0.757. The average Bonchev–Trinajstić information content (AvgIpc) is 2.49. The summed E-state index contributed by atoms with van der Waals surface area (Å²) in [6, 6.07) is 5.21. The SMILES string of the molecule is CCC(CC)N(CCO)Cc1ccc(C#CCO)cc1F. The van der Waals surface area contributed by atoms with Crippen molar-refractivity contribution < 1.29 is 14.6 Å². The highest BCUT2D eigenvalue weighted by Crippen LogP contribution is 2.16. The third-order valence-electron chi connectivity index (χ3n) is 3.58. The van der Waals surface area contributed by atoms with Crippen LogP contribution in [0.25, 0.3) is 0 Å². The van der Waals surface area contributed by atoms with Crippen molar-refractivity contribution in [2.24, 2.45) is 0 Å². The van der Waals surface area contributed by atoms with Gasteiger partial charge in [-0.25, -0.2) is 4.39 Å². The Kier molecular flexibility index (Phi) is 7.99. The van der Waals surface area contributed by atoms with Gasteiger partial charge in [0, 0.05) is 30.3 Å². The van der Waals surface area contributed by atoms with Gasteiger partial charge in [-0.05, 0) is 25.0 Å². The lowest BCUT2D eigenvalue weighted by molar-refractivity contribution is 0.135. The van der Waals surface area contributed by atoms with Crippen LogP contribution >= 0.6 is 0 Å². The number of nitrogens with zero attached hydrogens (tertiary/aromatic N) is 1. The van der Waals surface area contributed by atoms with Crippen molar-refractivity contribution in [1.29, 1.82) is 0 Å². The second-order valence-corrected chi connectivity index (χ2v) is 4.93. The number of hydrogen-bond acceptors (Lipinski definition) is 3. The first-order valence-corrected chi connectivity index (χ1v) is 7.39. The van der Waals surface area contributed by atoms with E-state index in [0.717, 1.165) is 12.8 Å². The van der Waals surface area contributed by atoms with Crippen LogP contribution in [0.3, 0.4) is 0 Å². The molecule has 0 aromatic heterocycles. The van der Waals surface area contributed by atoms with Crippen molar-refractivity contribution in [2.45, 2.75) is 39.3 Å². The van der Waals surface area contributed by atoms with E-state index in [1.54, 1.807) is 12.1 Å². The van der Waals surface area contributed by atoms with Gasteiger partial charge in [0.05, 0.1) is 6.61 Å². The van der Waals surface area contributed by atoms with E-state index in [1.165, 1.54) is 6.07 Å². The van der Waals surface area contributed by atoms with Crippen LogP contribution < -0.4 is 0 Å². The summed E-state index contributed by atoms with van der Waals surface area (Å²) in [5.41, 5.74) is 1.16. The van der Waals surface area contributed by atoms with E-state index in [9.17, 15) is 9.50 Å². The summed E-state index contributed by atoms with van der Waals surface area (Å²) in [6.45, 7) is 5.05. The first-order valence-electron chi connectivity index (χ1n) is 7.39. The van der Waals surface area contributed by atoms with Crippen LogP contribution in [0, 0.1) is 17.7 Å². The molecule has 21 heavy (non-hydrogen) atoms. The standard InChI is InChI=1S/C17H24FNO2/c1-3-16(4-2)19(9-11-21)13-15-8-7-14(6-5-10-20)12-17(15)18/h7-8,12,16,20-21H,3-4,9-11,13H2,1-2H3. The summed E-state index contributed by atoms with van der Waals surface area (Å²) in [4.78, 5) is 2.11. The van der Waals surface area contributed by atoms with Gasteiger partial charge >= 0.3 is 0 Å². The van der Waals surface area contributed by atoms with E-state index in [4.69, 9.17) is 5.11 Å². The third-order valence-corrected chi connectivity index (χ3v) is 3.58. The Morgan fingerprint density at radius 1 is 1.24 bits per heavy atom. The Morgan fingerprint density at radius 2 is 1.95 bits per heavy atom. The molecule has 2 N–H and O–H groups in total. The molecule has 0 unspecified atom stereocenters. The van der Waals surface area contributed by atoms with Gasteiger partial charge in [-0.1, -0.05) is 31.8 Å². The molecule has 0 heterocycles. The minimum Gasteiger partial charge on any atom is -0.395 e. The fourth-order valence-electron chi connectivity index (χ4n) is 2.44. The summed E-state index contributed by atoms with van der Waals surface area (Å²) >= 11 is 0. The molecule has 0 aliphatic rings. The molecule has 0 saturated carbocycles. The van der Waals surface area contributed by atoms with Gasteiger partial charge in [0.25, 0.3) is 0 Å². The first kappa shape index (κ1) is 17.6. The summed E-state index contributed by atoms with van der Waals surface area (Å²) in [5.74, 6) is 4.90. The van der Waals surface area contributed by atoms with Gasteiger partial charge in [0.2, 0.25) is 0 Å². The predicted molar refractivity (Wildman–Crippen MR) is 82.2 cm³/mol. The van der Waals surface area contributed by atoms with Crippen molar-refractivity contribution in [3.05, 3.63) is 35.1 Å². The smallest absolute Gasteiger partial charge is 0.128 e. The summed E-state index contributed by atoms with van der Waals surface area (Å²) < 4.78 is 14.1. The van der Waals surface area contributed by atoms with E-state index in [1.807, 2.05) is 0 Å². The van der Waals surface area contributed by atoms with Gasteiger partial charge < -0.3 is 10.2 Å². The molecule has 0 spiro atoms. The van der Waals surface area contributed by atoms with E-state index in [2.05, 4.69) is 30.6 Å². The molecule has 0 atom stereocenters. The van der Waals surface area contributed by atoms with Crippen LogP contribution in [0.5, 0.6) is 0 Å². The van der Waals surface area contributed by atoms with E-state index < -0.39 is 0 Å². The lowest BCUT2D eigenvalue weighted by Gasteiger charge is -2.30. The van der Waals surface area contributed by atoms with Crippen molar-refractivity contribution in [2.75, 3.05) is 19.8 Å². The van der Waals surface area contributed by atoms with Crippen LogP contribution in [0.2, 0.25) is 0 Å². The van der Waals surface area contributed by atoms with Gasteiger partial charge in [0.15, 0.2) is 0 Å². The molecule has 0 saturated heterocycles. The van der Waals surface area contributed by atoms with Gasteiger partial charge in [-0.3, -0.25) is 4.90 Å². The second kappa shape index (κ2) is 9.51. The van der Waals surface area contributed by atoms with E-state index in [-0.39, 0.29) is 19.0 Å². The molecule has 0 amide bonds. The lowest BCUT2D eigenvalue weighted by Crippen LogP contribution is -2.36. The maximum Gasteiger partial charge on any atom is 0.128 e. The molecule has 116 valence electrons. The molecule has 0 aliphatic heterocycles. The Bertz CT molecular complexity index is 489. The predicted octanol–water partition coefficient (Wildman–Crippen LogP) is 2.15. The third kappa shape index (κ3) is 5.47. The second-order valence-electron chi connectivity index (χ2n) is 4.93. The molecule has 4 heteroatoms. The molecule has 0 radical (unpaired) electrons. The lowest BCUT2D eigenvalue weighted by atomic mass is 10.1. The number of halogens is 1. The molecular weight excluding hydrogens is 269 g/mol. The Balaban J connectivity index is 2.88. The molecule has 1 aromatic rings. The van der Waals surface area contributed by atoms with Crippen LogP contribution in [0.15, 0.2) is 18.2 Å². The van der Waals surface area contributed by atoms with Crippen molar-refractivity contribution >= 4 is 0 Å². The zero-order valence-electron chi connectivity index (χ0n) is 12.8. The highest BCUT2D eigenvalue weighted by molar-refractivity contribution is 5.37. The first-order chi connectivity index (χ1) is 10.2. The van der Waals surface area contributed by atoms with Gasteiger partial charge in [-0.15, -0.1) is 0 Å². The van der Waals surface area contributed by atoms with Crippen LogP contribution in [0.1, 0.15) is 37.8 Å². The molecule has 0 aliphatic carbocycles. The minimum absolute atomic E-state index is 0.0676. The van der Waals surface area contributed by atoms with E-state index >= 15 is 0 Å². The number of aliphatic hydroxyl groups excluding tert-OH is 2. The van der Waals surface area contributed by atoms with Crippen molar-refractivity contribution in [3.63, 3.8) is 0 Å². The fourth-order valence-corrected chi connectivity index (χ4v) is 2.44. The molecule has 1 aromatic carbocycles. The summed E-state index contributed by atoms with van der Waals surface area (Å²) in [6.07, 6.45) is 1.94. The number of aliphatic hydroxyl groups is 2. The number of hydrogen-bond donors (Lipinski definition) is 2. The summed E-state index contributed by atoms with van der Waals surface area (Å²) in [7, 11) is 0. The summed E-state index contributed by atoms with van der Waals surface area (Å²) in [5, 5.41) is 17.8. The maximum atomic E-state index is 14.1. The molecule has 0 bridgehead atoms. The molecule has 0 fully saturated rings. The van der Waals surface area contributed by atoms with Crippen LogP contribution in [-0.2, 0) is 6.54 Å². The normalized spacial score (nSPS) is 10.8. The molecule has 3 nitrogen and oxygen atoms in total. The highest BCUT2D eigenvalue weighted by atomic mass is 19.1. The molecule has 1 rings (SSSR count). The Morgan fingerprint density at radius 3 is 2.48 bits per heavy atom. The zero-order chi connectivity index (χ0) is 15.7. The molecular formula is C17H24FNO2. The Labute approximate surface area is 126 Å². The van der Waals surface area contributed by atoms with Crippen molar-refractivity contribution in [1.82, 2.24) is 4.90 Å². The topological polar surface area (TPSA) is 43.7 Å². The minimum atomic E-state index is -0.298. The number of rotatable bonds is 7.